The summed E-state index contributed by atoms with van der Waals surface area (Å²) in [6.45, 7) is 0.661. The summed E-state index contributed by atoms with van der Waals surface area (Å²) in [6, 6.07) is 0.216. The van der Waals surface area contributed by atoms with Crippen molar-refractivity contribution in [2.75, 3.05) is 39.6 Å². The summed E-state index contributed by atoms with van der Waals surface area (Å²) in [7, 11) is 0. The average molecular weight is 1320 g/mol. The first-order chi connectivity index (χ1) is 42.6. The number of benzene rings is 1. The van der Waals surface area contributed by atoms with E-state index >= 15 is 0 Å². The molecule has 23 atom stereocenters. The molecule has 0 bridgehead atoms. The van der Waals surface area contributed by atoms with Gasteiger partial charge in [-0.05, 0) is 37.8 Å². The number of carboxylic acids is 1. The van der Waals surface area contributed by atoms with Crippen LogP contribution in [0.25, 0.3) is 0 Å². The van der Waals surface area contributed by atoms with Crippen LogP contribution in [0.15, 0.2) is 36.9 Å². The van der Waals surface area contributed by atoms with Crippen LogP contribution in [-0.4, -0.2) is 287 Å². The molecule has 0 radical (unpaired) electrons. The molecular formula is C54H82N5NaO31. The van der Waals surface area contributed by atoms with Gasteiger partial charge < -0.3 is 140 Å². The van der Waals surface area contributed by atoms with E-state index in [4.69, 9.17) is 42.6 Å². The van der Waals surface area contributed by atoms with Gasteiger partial charge in [-0.1, -0.05) is 12.5 Å². The number of amides is 4. The summed E-state index contributed by atoms with van der Waals surface area (Å²) in [5, 5.41) is 176. The largest absolute Gasteiger partial charge is 1.00 e. The van der Waals surface area contributed by atoms with Gasteiger partial charge in [0.05, 0.1) is 62.2 Å². The summed E-state index contributed by atoms with van der Waals surface area (Å²) < 4.78 is 51.8. The number of aliphatic hydroxyl groups is 13. The molecule has 1 aromatic carbocycles. The summed E-state index contributed by atoms with van der Waals surface area (Å²) in [5.74, 6) is -8.78. The number of ether oxygens (including phenoxy) is 9. The summed E-state index contributed by atoms with van der Waals surface area (Å²) in [5.41, 5.74) is -0.161. The van der Waals surface area contributed by atoms with Gasteiger partial charge in [-0.3, -0.25) is 34.1 Å². The number of rotatable bonds is 34. The van der Waals surface area contributed by atoms with E-state index in [0.29, 0.717) is 32.1 Å². The van der Waals surface area contributed by atoms with Crippen molar-refractivity contribution in [1.82, 2.24) is 21.3 Å². The van der Waals surface area contributed by atoms with Gasteiger partial charge in [-0.2, -0.15) is 0 Å². The van der Waals surface area contributed by atoms with Crippen molar-refractivity contribution < 1.29 is 177 Å². The zero-order chi connectivity index (χ0) is 66.7. The Kier molecular flexibility index (Phi) is 32.4. The second kappa shape index (κ2) is 37.4. The van der Waals surface area contributed by atoms with E-state index in [1.165, 1.54) is 24.3 Å². The fourth-order valence-electron chi connectivity index (χ4n) is 10.3. The second-order valence-corrected chi connectivity index (χ2v) is 21.8. The number of nitrogens with one attached hydrogen (secondary N) is 4. The number of carbonyl (C=O) groups excluding carboxylic acids is 6. The third-order valence-electron chi connectivity index (χ3n) is 15.1. The SMILES string of the molecule is C=C[C@@H](O)[C@H](CO[C@@H]1O[C@H](CO)[C@@H](O[C@@H]2O[C@H](CO)[C@H](O[C@@H]3O[C@H](CO)[C@H](O)[C@H](O)[C@H]3NC(C)=O)[C@H](O[C@]3(C(=O)[O-])C[C@H](O)[C@@H](NC(C)=O)[C@H]([C@H](O)[C@H](O)CO)O3)[C@H]2O)[C@H](O)[C@H]1O)NC(=O)CCCCCNC(=O)CCCCC(=O)Oc1ccc([N+](=O)[O-])cc1.[Na+]. The zero-order valence-corrected chi connectivity index (χ0v) is 52.0. The van der Waals surface area contributed by atoms with Crippen molar-refractivity contribution in [2.45, 2.75) is 212 Å². The number of hydrogen-bond donors (Lipinski definition) is 17. The molecule has 4 aliphatic rings. The molecule has 4 aliphatic heterocycles. The fraction of sp³-hybridized carbons (Fsp3) is 0.741. The topological polar surface area (TPSA) is 563 Å². The van der Waals surface area contributed by atoms with Crippen LogP contribution in [0.3, 0.4) is 0 Å². The van der Waals surface area contributed by atoms with Crippen molar-refractivity contribution in [1.29, 1.82) is 0 Å². The predicted molar refractivity (Wildman–Crippen MR) is 292 cm³/mol. The third-order valence-corrected chi connectivity index (χ3v) is 15.1. The van der Waals surface area contributed by atoms with Gasteiger partial charge in [0.25, 0.3) is 5.69 Å². The molecule has 0 saturated carbocycles. The smallest absolute Gasteiger partial charge is 0.544 e. The van der Waals surface area contributed by atoms with E-state index in [1.807, 2.05) is 0 Å². The first-order valence-electron chi connectivity index (χ1n) is 28.8. The molecule has 91 heavy (non-hydrogen) atoms. The molecule has 5 rings (SSSR count). The number of nitro benzene ring substituents is 1. The molecule has 37 heteroatoms. The molecule has 0 aliphatic carbocycles. The average Bonchev–Trinajstić information content (AvgIpc) is 0.759. The number of non-ortho nitro benzene ring substituents is 1. The Bertz CT molecular complexity index is 2510. The normalized spacial score (nSPS) is 32.9. The van der Waals surface area contributed by atoms with E-state index in [9.17, 15) is 110 Å². The number of esters is 1. The van der Waals surface area contributed by atoms with E-state index in [1.54, 1.807) is 0 Å². The minimum atomic E-state index is -3.42. The first-order valence-corrected chi connectivity index (χ1v) is 28.8. The molecule has 4 amide bonds. The standard InChI is InChI=1S/C54H83N5O31.Na/c1-4-29(66)28(58-36(70)11-6-5-9-17-55-35(69)10-7-8-12-37(71)83-27-15-13-26(14-16-27)59(80)81)23-82-51-44(76)43(75)46(33(21-62)85-51)87-52-45(77)49(47(34(22-63)86-52)88-50-39(57-25(3)65)42(74)41(73)32(20-61)84-50)90-54(53(78)79)18-30(67)38(56-24(2)64)48(89-54)40(72)31(68)19-60;/h4,13-16,28-34,38-52,60-63,66-68,72-77H,1,5-12,17-23H2,2-3H3,(H,55,69)(H,56,64)(H,57,65)(H,58,70)(H,78,79);/q;+1/p-1/t28-,29+,30-,31+,32+,33+,34+,38+,39+,40+,41-,42+,43+,44+,45+,46+,47-,48+,49+,50-,51+,52-,54-;/m0./s1. The first kappa shape index (κ1) is 78.8. The molecule has 510 valence electrons. The minimum Gasteiger partial charge on any atom is -0.544 e. The number of nitrogens with zero attached hydrogens (tertiary/aromatic N) is 1. The Morgan fingerprint density at radius 1 is 0.714 bits per heavy atom. The number of carboxylic acid groups (broad SMARTS) is 1. The molecule has 4 heterocycles. The van der Waals surface area contributed by atoms with Gasteiger partial charge in [-0.15, -0.1) is 6.58 Å². The maximum atomic E-state index is 13.4. The van der Waals surface area contributed by atoms with Gasteiger partial charge >= 0.3 is 35.5 Å². The Morgan fingerprint density at radius 2 is 1.29 bits per heavy atom. The zero-order valence-electron chi connectivity index (χ0n) is 50.0. The molecule has 0 aromatic heterocycles. The van der Waals surface area contributed by atoms with Gasteiger partial charge in [-0.25, -0.2) is 0 Å². The van der Waals surface area contributed by atoms with Crippen molar-refractivity contribution in [3.8, 4) is 5.75 Å². The van der Waals surface area contributed by atoms with Crippen LogP contribution >= 0.6 is 0 Å². The number of aliphatic carboxylic acids is 1. The van der Waals surface area contributed by atoms with Crippen LogP contribution in [0.2, 0.25) is 0 Å². The number of hydrogen-bond acceptors (Lipinski definition) is 31. The Balaban J connectivity index is 0.0000177. The quantitative estimate of drug-likeness (QED) is 0.00579. The second-order valence-electron chi connectivity index (χ2n) is 21.8. The van der Waals surface area contributed by atoms with Crippen LogP contribution in [0, 0.1) is 10.1 Å². The van der Waals surface area contributed by atoms with E-state index in [-0.39, 0.29) is 72.7 Å². The Morgan fingerprint density at radius 3 is 1.88 bits per heavy atom. The van der Waals surface area contributed by atoms with Crippen molar-refractivity contribution in [3.05, 3.63) is 47.0 Å². The monoisotopic (exact) mass is 1320 g/mol. The van der Waals surface area contributed by atoms with Crippen molar-refractivity contribution in [2.24, 2.45) is 0 Å². The number of carbonyl (C=O) groups is 6. The van der Waals surface area contributed by atoms with Crippen LogP contribution in [-0.2, 0) is 66.7 Å². The summed E-state index contributed by atoms with van der Waals surface area (Å²) in [6.07, 6.45) is -37.3. The maximum absolute atomic E-state index is 13.4. The Hall–Kier alpha value is -4.66. The van der Waals surface area contributed by atoms with Crippen LogP contribution in [0.4, 0.5) is 5.69 Å². The maximum Gasteiger partial charge on any atom is 1.00 e. The molecule has 4 fully saturated rings. The number of aliphatic hydroxyl groups excluding tert-OH is 13. The molecule has 0 spiro atoms. The number of unbranched alkanes of at least 4 members (excludes halogenated alkanes) is 3. The number of nitro groups is 1. The van der Waals surface area contributed by atoms with Gasteiger partial charge in [0, 0.05) is 58.2 Å². The van der Waals surface area contributed by atoms with E-state index < -0.39 is 214 Å². The van der Waals surface area contributed by atoms with Crippen LogP contribution < -0.4 is 60.7 Å². The van der Waals surface area contributed by atoms with Crippen molar-refractivity contribution in [3.63, 3.8) is 0 Å². The van der Waals surface area contributed by atoms with Gasteiger partial charge in [0.1, 0.15) is 103 Å². The predicted octanol–water partition coefficient (Wildman–Crippen LogP) is -11.8. The van der Waals surface area contributed by atoms with Crippen LogP contribution in [0.5, 0.6) is 5.75 Å². The molecule has 36 nitrogen and oxygen atoms in total. The molecule has 1 aromatic rings. The van der Waals surface area contributed by atoms with Gasteiger partial charge in [0.2, 0.25) is 29.4 Å². The molecule has 4 saturated heterocycles. The van der Waals surface area contributed by atoms with E-state index in [2.05, 4.69) is 27.8 Å². The molecular weight excluding hydrogens is 1240 g/mol. The fourth-order valence-corrected chi connectivity index (χ4v) is 10.3. The Labute approximate surface area is 542 Å². The molecule has 0 unspecified atom stereocenters. The third kappa shape index (κ3) is 21.7. The summed E-state index contributed by atoms with van der Waals surface area (Å²) >= 11 is 0. The summed E-state index contributed by atoms with van der Waals surface area (Å²) in [4.78, 5) is 85.7. The van der Waals surface area contributed by atoms with E-state index in [0.717, 1.165) is 19.9 Å². The van der Waals surface area contributed by atoms with Gasteiger partial charge in [0.15, 0.2) is 18.9 Å². The van der Waals surface area contributed by atoms with Crippen molar-refractivity contribution >= 4 is 41.3 Å². The minimum absolute atomic E-state index is 0. The van der Waals surface area contributed by atoms with Crippen LogP contribution in [0.1, 0.15) is 71.6 Å². The molecule has 17 N–H and O–H groups in total.